The highest BCUT2D eigenvalue weighted by Gasteiger charge is 2.22. The number of rotatable bonds is 4. The molecule has 0 aliphatic carbocycles. The van der Waals surface area contributed by atoms with Gasteiger partial charge in [0.1, 0.15) is 10.6 Å². The molecule has 1 aromatic rings. The van der Waals surface area contributed by atoms with Crippen molar-refractivity contribution in [2.75, 3.05) is 7.11 Å². The number of aliphatic carboxylic acids is 1. The van der Waals surface area contributed by atoms with Gasteiger partial charge in [-0.3, -0.25) is 4.79 Å². The highest BCUT2D eigenvalue weighted by Crippen LogP contribution is 2.29. The monoisotopic (exact) mass is 288 g/mol. The van der Waals surface area contributed by atoms with E-state index in [1.54, 1.807) is 0 Å². The molecular formula is C10H9BrO5. The van der Waals surface area contributed by atoms with E-state index < -0.39 is 16.8 Å². The van der Waals surface area contributed by atoms with Crippen LogP contribution < -0.4 is 4.74 Å². The van der Waals surface area contributed by atoms with E-state index in [2.05, 4.69) is 15.9 Å². The van der Waals surface area contributed by atoms with Crippen LogP contribution in [-0.4, -0.2) is 29.3 Å². The molecule has 1 atom stereocenters. The standard InChI is InChI=1S/C10H9BrO5/c1-16-5-2-3-6(9(12)13)7(4-5)8(11)10(14)15/h2-4,8H,1H3,(H,12,13)(H,14,15). The zero-order chi connectivity index (χ0) is 12.3. The molecule has 1 aromatic carbocycles. The maximum atomic E-state index is 10.9. The summed E-state index contributed by atoms with van der Waals surface area (Å²) in [5.74, 6) is -1.93. The minimum Gasteiger partial charge on any atom is -0.497 e. The van der Waals surface area contributed by atoms with Crippen molar-refractivity contribution in [2.45, 2.75) is 4.83 Å². The number of ether oxygens (including phenoxy) is 1. The molecular weight excluding hydrogens is 280 g/mol. The normalized spacial score (nSPS) is 11.9. The lowest BCUT2D eigenvalue weighted by Gasteiger charge is -2.10. The Morgan fingerprint density at radius 2 is 2.00 bits per heavy atom. The lowest BCUT2D eigenvalue weighted by Crippen LogP contribution is -2.10. The van der Waals surface area contributed by atoms with Gasteiger partial charge in [-0.1, -0.05) is 15.9 Å². The van der Waals surface area contributed by atoms with Crippen LogP contribution in [0.5, 0.6) is 5.75 Å². The van der Waals surface area contributed by atoms with Crippen LogP contribution in [0, 0.1) is 0 Å². The van der Waals surface area contributed by atoms with Gasteiger partial charge in [-0.2, -0.15) is 0 Å². The highest BCUT2D eigenvalue weighted by atomic mass is 79.9. The van der Waals surface area contributed by atoms with Crippen LogP contribution >= 0.6 is 15.9 Å². The quantitative estimate of drug-likeness (QED) is 0.827. The van der Waals surface area contributed by atoms with Crippen molar-refractivity contribution in [3.63, 3.8) is 0 Å². The van der Waals surface area contributed by atoms with Gasteiger partial charge in [0.25, 0.3) is 0 Å². The van der Waals surface area contributed by atoms with E-state index in [9.17, 15) is 9.59 Å². The molecule has 0 bridgehead atoms. The number of hydrogen-bond donors (Lipinski definition) is 2. The maximum Gasteiger partial charge on any atom is 0.336 e. The lowest BCUT2D eigenvalue weighted by molar-refractivity contribution is -0.136. The lowest BCUT2D eigenvalue weighted by atomic mass is 10.0. The fourth-order valence-electron chi connectivity index (χ4n) is 1.21. The summed E-state index contributed by atoms with van der Waals surface area (Å²) in [6.45, 7) is 0. The van der Waals surface area contributed by atoms with Gasteiger partial charge in [0.2, 0.25) is 0 Å². The van der Waals surface area contributed by atoms with Gasteiger partial charge in [0.15, 0.2) is 0 Å². The first-order chi connectivity index (χ1) is 7.47. The molecule has 1 unspecified atom stereocenters. The van der Waals surface area contributed by atoms with Gasteiger partial charge in [-0.05, 0) is 23.8 Å². The first kappa shape index (κ1) is 12.5. The Morgan fingerprint density at radius 1 is 1.38 bits per heavy atom. The van der Waals surface area contributed by atoms with Crippen LogP contribution in [0.2, 0.25) is 0 Å². The molecule has 0 saturated carbocycles. The zero-order valence-corrected chi connectivity index (χ0v) is 9.89. The molecule has 2 N–H and O–H groups in total. The highest BCUT2D eigenvalue weighted by molar-refractivity contribution is 9.09. The molecule has 0 heterocycles. The van der Waals surface area contributed by atoms with Gasteiger partial charge >= 0.3 is 11.9 Å². The van der Waals surface area contributed by atoms with E-state index in [0.29, 0.717) is 5.75 Å². The van der Waals surface area contributed by atoms with E-state index in [1.807, 2.05) is 0 Å². The van der Waals surface area contributed by atoms with E-state index in [0.717, 1.165) is 0 Å². The Morgan fingerprint density at radius 3 is 2.44 bits per heavy atom. The van der Waals surface area contributed by atoms with Crippen LogP contribution in [-0.2, 0) is 4.79 Å². The predicted octanol–water partition coefficient (Wildman–Crippen LogP) is 1.91. The largest absolute Gasteiger partial charge is 0.497 e. The average molecular weight is 289 g/mol. The third-order valence-electron chi connectivity index (χ3n) is 1.98. The summed E-state index contributed by atoms with van der Waals surface area (Å²) in [5.41, 5.74) is 0.0874. The van der Waals surface area contributed by atoms with Crippen LogP contribution in [0.3, 0.4) is 0 Å². The Balaban J connectivity index is 3.30. The molecule has 5 nitrogen and oxygen atoms in total. The van der Waals surface area contributed by atoms with E-state index >= 15 is 0 Å². The minimum absolute atomic E-state index is 0.0647. The van der Waals surface area contributed by atoms with Crippen molar-refractivity contribution < 1.29 is 24.5 Å². The third kappa shape index (κ3) is 2.52. The summed E-state index contributed by atoms with van der Waals surface area (Å²) in [4.78, 5) is 20.6. The predicted molar refractivity (Wildman–Crippen MR) is 59.3 cm³/mol. The molecule has 0 saturated heterocycles. The molecule has 0 fully saturated rings. The second-order valence-electron chi connectivity index (χ2n) is 2.96. The first-order valence-electron chi connectivity index (χ1n) is 4.25. The fourth-order valence-corrected chi connectivity index (χ4v) is 1.58. The smallest absolute Gasteiger partial charge is 0.336 e. The SMILES string of the molecule is COc1ccc(C(=O)O)c(C(Br)C(=O)O)c1. The summed E-state index contributed by atoms with van der Waals surface area (Å²) in [7, 11) is 1.42. The van der Waals surface area contributed by atoms with Crippen molar-refractivity contribution in [1.82, 2.24) is 0 Å². The number of carbonyl (C=O) groups is 2. The summed E-state index contributed by atoms with van der Waals surface area (Å²) in [5, 5.41) is 17.7. The molecule has 0 aliphatic heterocycles. The van der Waals surface area contributed by atoms with Crippen molar-refractivity contribution >= 4 is 27.9 Å². The van der Waals surface area contributed by atoms with Crippen LogP contribution in [0.25, 0.3) is 0 Å². The molecule has 0 radical (unpaired) electrons. The van der Waals surface area contributed by atoms with Gasteiger partial charge in [-0.25, -0.2) is 4.79 Å². The molecule has 1 rings (SSSR count). The summed E-state index contributed by atoms with van der Waals surface area (Å²) < 4.78 is 4.91. The van der Waals surface area contributed by atoms with E-state index in [4.69, 9.17) is 14.9 Å². The van der Waals surface area contributed by atoms with Crippen molar-refractivity contribution in [3.05, 3.63) is 29.3 Å². The summed E-state index contributed by atoms with van der Waals surface area (Å²) >= 11 is 2.91. The second kappa shape index (κ2) is 4.98. The second-order valence-corrected chi connectivity index (χ2v) is 3.87. The van der Waals surface area contributed by atoms with Gasteiger partial charge in [0.05, 0.1) is 12.7 Å². The first-order valence-corrected chi connectivity index (χ1v) is 5.17. The summed E-state index contributed by atoms with van der Waals surface area (Å²) in [6, 6.07) is 4.17. The Hall–Kier alpha value is -1.56. The molecule has 0 amide bonds. The summed E-state index contributed by atoms with van der Waals surface area (Å²) in [6.07, 6.45) is 0. The molecule has 16 heavy (non-hydrogen) atoms. The Bertz CT molecular complexity index is 429. The molecule has 0 spiro atoms. The van der Waals surface area contributed by atoms with E-state index in [-0.39, 0.29) is 11.1 Å². The topological polar surface area (TPSA) is 83.8 Å². The maximum absolute atomic E-state index is 10.9. The molecule has 0 aliphatic rings. The number of carboxylic acid groups (broad SMARTS) is 2. The van der Waals surface area contributed by atoms with Crippen molar-refractivity contribution in [2.24, 2.45) is 0 Å². The fraction of sp³-hybridized carbons (Fsp3) is 0.200. The third-order valence-corrected chi connectivity index (χ3v) is 2.86. The molecule has 86 valence electrons. The number of carboxylic acids is 2. The Labute approximate surface area is 99.8 Å². The molecule has 0 aromatic heterocycles. The van der Waals surface area contributed by atoms with Crippen LogP contribution in [0.15, 0.2) is 18.2 Å². The number of hydrogen-bond acceptors (Lipinski definition) is 3. The number of methoxy groups -OCH3 is 1. The number of halogens is 1. The van der Waals surface area contributed by atoms with Crippen LogP contribution in [0.1, 0.15) is 20.7 Å². The van der Waals surface area contributed by atoms with Crippen molar-refractivity contribution in [1.29, 1.82) is 0 Å². The average Bonchev–Trinajstić information content (AvgIpc) is 2.26. The number of alkyl halides is 1. The van der Waals surface area contributed by atoms with Crippen molar-refractivity contribution in [3.8, 4) is 5.75 Å². The number of benzene rings is 1. The van der Waals surface area contributed by atoms with Gasteiger partial charge in [-0.15, -0.1) is 0 Å². The van der Waals surface area contributed by atoms with Gasteiger partial charge in [0, 0.05) is 0 Å². The minimum atomic E-state index is -1.18. The van der Waals surface area contributed by atoms with E-state index in [1.165, 1.54) is 25.3 Å². The molecule has 6 heteroatoms. The number of aromatic carboxylic acids is 1. The Kier molecular flexibility index (Phi) is 3.89. The zero-order valence-electron chi connectivity index (χ0n) is 8.31. The van der Waals surface area contributed by atoms with Crippen LogP contribution in [0.4, 0.5) is 0 Å². The van der Waals surface area contributed by atoms with Gasteiger partial charge < -0.3 is 14.9 Å².